The Labute approximate surface area is 92.2 Å². The van der Waals surface area contributed by atoms with E-state index < -0.39 is 0 Å². The van der Waals surface area contributed by atoms with Crippen LogP contribution in [-0.4, -0.2) is 18.9 Å². The molecule has 0 spiro atoms. The molecule has 2 fully saturated rings. The van der Waals surface area contributed by atoms with E-state index in [1.807, 2.05) is 0 Å². The monoisotopic (exact) mass is 217 g/mol. The number of rotatable bonds is 2. The highest BCUT2D eigenvalue weighted by Gasteiger charge is 2.29. The number of nitrogens with one attached hydrogen (secondary N) is 1. The summed E-state index contributed by atoms with van der Waals surface area (Å²) in [5.74, 6) is 1.33. The number of Topliss-reactive ketones (excluding diaryl/α,β-unsaturated/α-hetero) is 1. The van der Waals surface area contributed by atoms with Crippen LogP contribution in [0.25, 0.3) is 0 Å². The number of hydrogen-bond donors (Lipinski definition) is 1. The van der Waals surface area contributed by atoms with Gasteiger partial charge >= 0.3 is 0 Å². The van der Waals surface area contributed by atoms with Gasteiger partial charge in [-0.3, -0.25) is 4.79 Å². The van der Waals surface area contributed by atoms with Crippen LogP contribution < -0.4 is 5.32 Å². The van der Waals surface area contributed by atoms with Gasteiger partial charge in [-0.2, -0.15) is 0 Å². The van der Waals surface area contributed by atoms with Gasteiger partial charge in [-0.05, 0) is 25.8 Å². The molecule has 0 aromatic carbocycles. The van der Waals surface area contributed by atoms with Crippen LogP contribution in [-0.2, 0) is 4.79 Å². The van der Waals surface area contributed by atoms with Gasteiger partial charge in [0.05, 0.1) is 0 Å². The molecule has 0 aromatic rings. The molecule has 1 aliphatic heterocycles. The van der Waals surface area contributed by atoms with Gasteiger partial charge in [0.2, 0.25) is 0 Å². The third-order valence-corrected chi connectivity index (χ3v) is 3.47. The van der Waals surface area contributed by atoms with E-state index in [0.29, 0.717) is 17.6 Å². The van der Waals surface area contributed by atoms with Crippen molar-refractivity contribution in [2.45, 2.75) is 38.5 Å². The van der Waals surface area contributed by atoms with Crippen LogP contribution in [0.2, 0.25) is 0 Å². The van der Waals surface area contributed by atoms with Crippen molar-refractivity contribution in [2.75, 3.05) is 13.1 Å². The lowest BCUT2D eigenvalue weighted by Gasteiger charge is -2.22. The smallest absolute Gasteiger partial charge is 0.140 e. The Bertz CT molecular complexity index is 184. The van der Waals surface area contributed by atoms with Gasteiger partial charge < -0.3 is 5.32 Å². The zero-order chi connectivity index (χ0) is 9.10. The van der Waals surface area contributed by atoms with E-state index in [1.54, 1.807) is 0 Å². The van der Waals surface area contributed by atoms with E-state index in [4.69, 9.17) is 0 Å². The van der Waals surface area contributed by atoms with Crippen molar-refractivity contribution in [3.63, 3.8) is 0 Å². The Balaban J connectivity index is 0.000000980. The lowest BCUT2D eigenvalue weighted by molar-refractivity contribution is -0.127. The summed E-state index contributed by atoms with van der Waals surface area (Å²) < 4.78 is 0. The van der Waals surface area contributed by atoms with Crippen molar-refractivity contribution >= 4 is 18.2 Å². The molecular weight excluding hydrogens is 198 g/mol. The molecule has 2 aliphatic rings. The Morgan fingerprint density at radius 2 is 1.71 bits per heavy atom. The van der Waals surface area contributed by atoms with Gasteiger partial charge in [-0.25, -0.2) is 0 Å². The predicted octanol–water partition coefficient (Wildman–Crippen LogP) is 2.17. The standard InChI is InChI=1S/C11H19NO.ClH/c13-11(10-6-7-12-8-10)9-4-2-1-3-5-9;/h9-10,12H,1-8H2;1H/t10-;/m1./s1. The largest absolute Gasteiger partial charge is 0.316 e. The first-order valence-corrected chi connectivity index (χ1v) is 5.62. The van der Waals surface area contributed by atoms with Crippen molar-refractivity contribution in [3.8, 4) is 0 Å². The van der Waals surface area contributed by atoms with E-state index in [9.17, 15) is 4.79 Å². The van der Waals surface area contributed by atoms with Crippen LogP contribution in [0, 0.1) is 11.8 Å². The van der Waals surface area contributed by atoms with Gasteiger partial charge in [0, 0.05) is 18.4 Å². The molecule has 2 rings (SSSR count). The van der Waals surface area contributed by atoms with Gasteiger partial charge in [0.25, 0.3) is 0 Å². The van der Waals surface area contributed by atoms with E-state index in [0.717, 1.165) is 32.4 Å². The summed E-state index contributed by atoms with van der Waals surface area (Å²) in [6, 6.07) is 0. The number of ketones is 1. The molecule has 1 aliphatic carbocycles. The van der Waals surface area contributed by atoms with E-state index in [-0.39, 0.29) is 12.4 Å². The summed E-state index contributed by atoms with van der Waals surface area (Å²) in [6.07, 6.45) is 7.29. The topological polar surface area (TPSA) is 29.1 Å². The third-order valence-electron chi connectivity index (χ3n) is 3.47. The average molecular weight is 218 g/mol. The molecular formula is C11H20ClNO. The number of halogens is 1. The Kier molecular flexibility index (Phi) is 4.90. The molecule has 0 amide bonds. The van der Waals surface area contributed by atoms with Gasteiger partial charge in [0.15, 0.2) is 0 Å². The van der Waals surface area contributed by atoms with Crippen molar-refractivity contribution < 1.29 is 4.79 Å². The highest BCUT2D eigenvalue weighted by molar-refractivity contribution is 5.85. The second-order valence-corrected chi connectivity index (χ2v) is 4.43. The molecule has 0 aromatic heterocycles. The van der Waals surface area contributed by atoms with Crippen LogP contribution in [0.5, 0.6) is 0 Å². The zero-order valence-corrected chi connectivity index (χ0v) is 9.44. The van der Waals surface area contributed by atoms with Crippen LogP contribution in [0.3, 0.4) is 0 Å². The van der Waals surface area contributed by atoms with E-state index >= 15 is 0 Å². The fraction of sp³-hybridized carbons (Fsp3) is 0.909. The Morgan fingerprint density at radius 1 is 1.00 bits per heavy atom. The fourth-order valence-corrected chi connectivity index (χ4v) is 2.62. The Hall–Kier alpha value is -0.0800. The first-order chi connectivity index (χ1) is 6.38. The van der Waals surface area contributed by atoms with Crippen molar-refractivity contribution in [1.82, 2.24) is 5.32 Å². The second-order valence-electron chi connectivity index (χ2n) is 4.43. The minimum atomic E-state index is 0. The average Bonchev–Trinajstić information content (AvgIpc) is 2.71. The molecule has 1 saturated carbocycles. The molecule has 0 radical (unpaired) electrons. The van der Waals surface area contributed by atoms with Crippen LogP contribution in [0.15, 0.2) is 0 Å². The molecule has 0 unspecified atom stereocenters. The van der Waals surface area contributed by atoms with Gasteiger partial charge in [0.1, 0.15) is 5.78 Å². The van der Waals surface area contributed by atoms with Gasteiger partial charge in [-0.1, -0.05) is 19.3 Å². The highest BCUT2D eigenvalue weighted by atomic mass is 35.5. The summed E-state index contributed by atoms with van der Waals surface area (Å²) in [6.45, 7) is 1.98. The summed E-state index contributed by atoms with van der Waals surface area (Å²) in [5, 5.41) is 3.27. The number of carbonyl (C=O) groups is 1. The number of hydrogen-bond acceptors (Lipinski definition) is 2. The lowest BCUT2D eigenvalue weighted by atomic mass is 9.81. The summed E-state index contributed by atoms with van der Waals surface area (Å²) in [7, 11) is 0. The molecule has 1 heterocycles. The minimum absolute atomic E-state index is 0. The van der Waals surface area contributed by atoms with Gasteiger partial charge in [-0.15, -0.1) is 12.4 Å². The maximum Gasteiger partial charge on any atom is 0.140 e. The quantitative estimate of drug-likeness (QED) is 0.768. The predicted molar refractivity (Wildman–Crippen MR) is 59.8 cm³/mol. The van der Waals surface area contributed by atoms with E-state index in [1.165, 1.54) is 19.3 Å². The van der Waals surface area contributed by atoms with Crippen LogP contribution in [0.1, 0.15) is 38.5 Å². The fourth-order valence-electron chi connectivity index (χ4n) is 2.62. The summed E-state index contributed by atoms with van der Waals surface area (Å²) >= 11 is 0. The molecule has 1 saturated heterocycles. The van der Waals surface area contributed by atoms with Crippen molar-refractivity contribution in [1.29, 1.82) is 0 Å². The van der Waals surface area contributed by atoms with Crippen LogP contribution in [0.4, 0.5) is 0 Å². The van der Waals surface area contributed by atoms with Crippen LogP contribution >= 0.6 is 12.4 Å². The third kappa shape index (κ3) is 2.71. The molecule has 0 bridgehead atoms. The molecule has 1 atom stereocenters. The SMILES string of the molecule is Cl.O=C(C1CCCCC1)[C@@H]1CCNC1. The summed E-state index contributed by atoms with van der Waals surface area (Å²) in [5.41, 5.74) is 0. The molecule has 82 valence electrons. The van der Waals surface area contributed by atoms with E-state index in [2.05, 4.69) is 5.32 Å². The first-order valence-electron chi connectivity index (χ1n) is 5.62. The molecule has 3 heteroatoms. The van der Waals surface area contributed by atoms with Crippen molar-refractivity contribution in [2.24, 2.45) is 11.8 Å². The normalized spacial score (nSPS) is 28.4. The second kappa shape index (κ2) is 5.72. The van der Waals surface area contributed by atoms with Crippen molar-refractivity contribution in [3.05, 3.63) is 0 Å². The minimum Gasteiger partial charge on any atom is -0.316 e. The molecule has 14 heavy (non-hydrogen) atoms. The first kappa shape index (κ1) is 12.0. The highest BCUT2D eigenvalue weighted by Crippen LogP contribution is 2.28. The zero-order valence-electron chi connectivity index (χ0n) is 8.63. The molecule has 2 nitrogen and oxygen atoms in total. The maximum atomic E-state index is 12.0. The summed E-state index contributed by atoms with van der Waals surface area (Å²) in [4.78, 5) is 12.0. The Morgan fingerprint density at radius 3 is 2.29 bits per heavy atom. The number of carbonyl (C=O) groups excluding carboxylic acids is 1. The maximum absolute atomic E-state index is 12.0. The lowest BCUT2D eigenvalue weighted by Crippen LogP contribution is -2.26. The molecule has 1 N–H and O–H groups in total.